The first-order valence-corrected chi connectivity index (χ1v) is 27.9. The second-order valence-corrected chi connectivity index (χ2v) is 17.9. The Bertz CT molecular complexity index is 1580. The van der Waals surface area contributed by atoms with Crippen molar-refractivity contribution in [2.45, 2.75) is 226 Å². The SMILES string of the molecule is CC/C=C\C/C=C\C/C=C\C/C=C\C/C=C\CCCCCC(=O)OCC(COC(=O)CCCCCCCC/C=C\C=C/CCCCC)OC(=O)CCCCCCC\C=C/C=C\C=C/C=C\C=C/CCC. The van der Waals surface area contributed by atoms with Gasteiger partial charge in [0, 0.05) is 19.3 Å². The standard InChI is InChI=1S/C64H100O6/c1-4-7-10-13-16-19-22-25-28-30-32-34-36-39-42-45-48-51-54-57-63(66)69-60-61(59-68-62(65)56-53-50-47-44-41-38-35-27-24-21-18-15-12-9-6-3)70-64(67)58-55-52-49-46-43-40-37-33-31-29-26-23-20-17-14-11-8-5-2/h7,10-11,14,16-21,23-29,31-34,37,39,42,61H,4-6,8-9,12-13,15,22,30,35-36,38,40-41,43-60H2,1-3H3/b10-7-,14-11-,19-16-,20-17-,21-18-,26-23-,27-24-,28-25-,31-29-,34-32-,37-33-,42-39-. The van der Waals surface area contributed by atoms with E-state index in [0.29, 0.717) is 12.8 Å². The van der Waals surface area contributed by atoms with Gasteiger partial charge in [0.05, 0.1) is 0 Å². The molecule has 0 bridgehead atoms. The third-order valence-corrected chi connectivity index (χ3v) is 11.2. The van der Waals surface area contributed by atoms with Crippen LogP contribution in [0.4, 0.5) is 0 Å². The summed E-state index contributed by atoms with van der Waals surface area (Å²) in [4.78, 5) is 38.1. The Morgan fingerprint density at radius 1 is 0.314 bits per heavy atom. The molecule has 0 aromatic carbocycles. The van der Waals surface area contributed by atoms with E-state index in [1.54, 1.807) is 0 Å². The molecule has 0 aliphatic rings. The van der Waals surface area contributed by atoms with Crippen molar-refractivity contribution in [2.75, 3.05) is 13.2 Å². The Hall–Kier alpha value is -4.71. The summed E-state index contributed by atoms with van der Waals surface area (Å²) in [5.41, 5.74) is 0. The van der Waals surface area contributed by atoms with Crippen molar-refractivity contribution in [2.24, 2.45) is 0 Å². The summed E-state index contributed by atoms with van der Waals surface area (Å²) in [6.45, 7) is 6.33. The molecule has 0 amide bonds. The van der Waals surface area contributed by atoms with Crippen LogP contribution in [0, 0.1) is 0 Å². The highest BCUT2D eigenvalue weighted by Gasteiger charge is 2.19. The molecular formula is C64H100O6. The Morgan fingerprint density at radius 2 is 0.643 bits per heavy atom. The van der Waals surface area contributed by atoms with Crippen LogP contribution >= 0.6 is 0 Å². The molecule has 0 spiro atoms. The van der Waals surface area contributed by atoms with E-state index in [1.807, 2.05) is 36.5 Å². The van der Waals surface area contributed by atoms with Gasteiger partial charge in [0.25, 0.3) is 0 Å². The summed E-state index contributed by atoms with van der Waals surface area (Å²) >= 11 is 0. The van der Waals surface area contributed by atoms with E-state index < -0.39 is 6.10 Å². The van der Waals surface area contributed by atoms with Crippen molar-refractivity contribution in [3.63, 3.8) is 0 Å². The summed E-state index contributed by atoms with van der Waals surface area (Å²) < 4.78 is 16.8. The first-order valence-electron chi connectivity index (χ1n) is 27.9. The van der Waals surface area contributed by atoms with Crippen LogP contribution in [0.2, 0.25) is 0 Å². The second kappa shape index (κ2) is 56.9. The predicted molar refractivity (Wildman–Crippen MR) is 302 cm³/mol. The zero-order chi connectivity index (χ0) is 50.7. The van der Waals surface area contributed by atoms with Gasteiger partial charge in [-0.3, -0.25) is 14.4 Å². The Kier molecular flexibility index (Phi) is 53.0. The molecule has 0 N–H and O–H groups in total. The Balaban J connectivity index is 4.56. The van der Waals surface area contributed by atoms with E-state index >= 15 is 0 Å². The zero-order valence-corrected chi connectivity index (χ0v) is 44.7. The van der Waals surface area contributed by atoms with E-state index in [-0.39, 0.29) is 37.5 Å². The van der Waals surface area contributed by atoms with E-state index in [9.17, 15) is 14.4 Å². The fourth-order valence-electron chi connectivity index (χ4n) is 7.02. The molecule has 0 radical (unpaired) electrons. The van der Waals surface area contributed by atoms with Gasteiger partial charge in [-0.2, -0.15) is 0 Å². The minimum atomic E-state index is -0.818. The highest BCUT2D eigenvalue weighted by molar-refractivity contribution is 5.71. The quantitative estimate of drug-likeness (QED) is 0.0199. The molecule has 0 heterocycles. The molecule has 1 atom stereocenters. The average Bonchev–Trinajstić information content (AvgIpc) is 3.36. The van der Waals surface area contributed by atoms with Crippen LogP contribution in [0.3, 0.4) is 0 Å². The maximum Gasteiger partial charge on any atom is 0.306 e. The van der Waals surface area contributed by atoms with Gasteiger partial charge in [-0.05, 0) is 109 Å². The molecule has 0 fully saturated rings. The molecule has 0 aliphatic carbocycles. The van der Waals surface area contributed by atoms with Crippen LogP contribution < -0.4 is 0 Å². The van der Waals surface area contributed by atoms with Crippen molar-refractivity contribution < 1.29 is 28.6 Å². The topological polar surface area (TPSA) is 78.9 Å². The van der Waals surface area contributed by atoms with Crippen LogP contribution in [-0.2, 0) is 28.6 Å². The minimum absolute atomic E-state index is 0.112. The zero-order valence-electron chi connectivity index (χ0n) is 44.7. The summed E-state index contributed by atoms with van der Waals surface area (Å²) in [6, 6.07) is 0. The van der Waals surface area contributed by atoms with E-state index in [2.05, 4.69) is 130 Å². The lowest BCUT2D eigenvalue weighted by Crippen LogP contribution is -2.30. The van der Waals surface area contributed by atoms with Gasteiger partial charge in [0.1, 0.15) is 13.2 Å². The smallest absolute Gasteiger partial charge is 0.306 e. The number of esters is 3. The molecule has 392 valence electrons. The highest BCUT2D eigenvalue weighted by Crippen LogP contribution is 2.13. The number of allylic oxidation sites excluding steroid dienone is 24. The number of unbranched alkanes of at least 4 members (excludes halogenated alkanes) is 18. The van der Waals surface area contributed by atoms with Crippen LogP contribution in [0.1, 0.15) is 220 Å². The van der Waals surface area contributed by atoms with Gasteiger partial charge in [0.15, 0.2) is 6.10 Å². The van der Waals surface area contributed by atoms with Crippen molar-refractivity contribution >= 4 is 17.9 Å². The molecule has 70 heavy (non-hydrogen) atoms. The van der Waals surface area contributed by atoms with E-state index in [0.717, 1.165) is 141 Å². The Morgan fingerprint density at radius 3 is 1.09 bits per heavy atom. The van der Waals surface area contributed by atoms with Gasteiger partial charge < -0.3 is 14.2 Å². The van der Waals surface area contributed by atoms with Gasteiger partial charge in [-0.25, -0.2) is 0 Å². The second-order valence-electron chi connectivity index (χ2n) is 17.9. The van der Waals surface area contributed by atoms with Gasteiger partial charge in [-0.15, -0.1) is 0 Å². The predicted octanol–water partition coefficient (Wildman–Crippen LogP) is 18.8. The third kappa shape index (κ3) is 54.2. The monoisotopic (exact) mass is 965 g/mol. The average molecular weight is 965 g/mol. The number of carbonyl (C=O) groups excluding carboxylic acids is 3. The van der Waals surface area contributed by atoms with Gasteiger partial charge in [-0.1, -0.05) is 237 Å². The van der Waals surface area contributed by atoms with Crippen LogP contribution in [0.15, 0.2) is 146 Å². The molecule has 0 aromatic heterocycles. The maximum absolute atomic E-state index is 12.9. The highest BCUT2D eigenvalue weighted by atomic mass is 16.6. The lowest BCUT2D eigenvalue weighted by Gasteiger charge is -2.18. The minimum Gasteiger partial charge on any atom is -0.462 e. The van der Waals surface area contributed by atoms with Crippen LogP contribution in [0.25, 0.3) is 0 Å². The lowest BCUT2D eigenvalue weighted by atomic mass is 10.1. The normalized spacial score (nSPS) is 13.2. The summed E-state index contributed by atoms with van der Waals surface area (Å²) in [5.74, 6) is -0.989. The maximum atomic E-state index is 12.9. The molecule has 0 aromatic rings. The summed E-state index contributed by atoms with van der Waals surface area (Å²) in [5, 5.41) is 0. The van der Waals surface area contributed by atoms with E-state index in [4.69, 9.17) is 14.2 Å². The number of hydrogen-bond acceptors (Lipinski definition) is 6. The number of ether oxygens (including phenoxy) is 3. The Labute approximate surface area is 429 Å². The van der Waals surface area contributed by atoms with Crippen LogP contribution in [-0.4, -0.2) is 37.2 Å². The van der Waals surface area contributed by atoms with Gasteiger partial charge in [0.2, 0.25) is 0 Å². The van der Waals surface area contributed by atoms with E-state index in [1.165, 1.54) is 38.5 Å². The molecule has 0 saturated carbocycles. The van der Waals surface area contributed by atoms with Crippen molar-refractivity contribution in [3.05, 3.63) is 146 Å². The molecule has 0 aliphatic heterocycles. The number of hydrogen-bond donors (Lipinski definition) is 0. The molecule has 0 saturated heterocycles. The number of carbonyl (C=O) groups is 3. The molecular weight excluding hydrogens is 865 g/mol. The first kappa shape index (κ1) is 65.3. The van der Waals surface area contributed by atoms with Gasteiger partial charge >= 0.3 is 17.9 Å². The van der Waals surface area contributed by atoms with Crippen molar-refractivity contribution in [3.8, 4) is 0 Å². The fourth-order valence-corrected chi connectivity index (χ4v) is 7.02. The first-order chi connectivity index (χ1) is 34.5. The molecule has 0 rings (SSSR count). The number of rotatable bonds is 48. The fraction of sp³-hybridized carbons (Fsp3) is 0.578. The van der Waals surface area contributed by atoms with Crippen molar-refractivity contribution in [1.29, 1.82) is 0 Å². The molecule has 1 unspecified atom stereocenters. The molecule has 6 nitrogen and oxygen atoms in total. The summed E-state index contributed by atoms with van der Waals surface area (Å²) in [6.07, 6.45) is 81.0. The molecule has 6 heteroatoms. The van der Waals surface area contributed by atoms with Crippen molar-refractivity contribution in [1.82, 2.24) is 0 Å². The lowest BCUT2D eigenvalue weighted by molar-refractivity contribution is -0.167. The third-order valence-electron chi connectivity index (χ3n) is 11.2. The summed E-state index contributed by atoms with van der Waals surface area (Å²) in [7, 11) is 0. The van der Waals surface area contributed by atoms with Crippen LogP contribution in [0.5, 0.6) is 0 Å². The largest absolute Gasteiger partial charge is 0.462 e.